The van der Waals surface area contributed by atoms with Crippen LogP contribution >= 0.6 is 0 Å². The zero-order valence-electron chi connectivity index (χ0n) is 16.0. The highest BCUT2D eigenvalue weighted by Crippen LogP contribution is 2.23. The number of aromatic nitrogens is 5. The van der Waals surface area contributed by atoms with Crippen LogP contribution in [0.1, 0.15) is 12.6 Å². The van der Waals surface area contributed by atoms with Crippen LogP contribution in [-0.2, 0) is 13.6 Å². The molecule has 0 aliphatic rings. The normalized spacial score (nSPS) is 11.4. The Morgan fingerprint density at radius 3 is 2.82 bits per heavy atom. The van der Waals surface area contributed by atoms with Crippen molar-refractivity contribution in [1.29, 1.82) is 0 Å². The summed E-state index contributed by atoms with van der Waals surface area (Å²) in [7, 11) is 1.59. The summed E-state index contributed by atoms with van der Waals surface area (Å²) in [6, 6.07) is 7.80. The van der Waals surface area contributed by atoms with Crippen molar-refractivity contribution >= 4 is 22.6 Å². The van der Waals surface area contributed by atoms with Crippen LogP contribution in [-0.4, -0.2) is 36.7 Å². The lowest BCUT2D eigenvalue weighted by Gasteiger charge is -2.13. The first-order valence-corrected chi connectivity index (χ1v) is 9.14. The predicted octanol–water partition coefficient (Wildman–Crippen LogP) is 1.50. The van der Waals surface area contributed by atoms with E-state index in [1.807, 2.05) is 48.9 Å². The Balaban J connectivity index is 1.66. The summed E-state index contributed by atoms with van der Waals surface area (Å²) in [4.78, 5) is 31.0. The molecule has 4 aromatic rings. The average Bonchev–Trinajstić information content (AvgIpc) is 3.17. The Kier molecular flexibility index (Phi) is 4.42. The Labute approximate surface area is 160 Å². The summed E-state index contributed by atoms with van der Waals surface area (Å²) in [5.74, 6) is 1.44. The minimum Gasteiger partial charge on any atom is -0.492 e. The predicted molar refractivity (Wildman–Crippen MR) is 107 cm³/mol. The molecule has 1 aromatic carbocycles. The van der Waals surface area contributed by atoms with E-state index in [9.17, 15) is 9.59 Å². The summed E-state index contributed by atoms with van der Waals surface area (Å²) in [5, 5.41) is 3.39. The molecule has 3 aromatic heterocycles. The van der Waals surface area contributed by atoms with E-state index < -0.39 is 11.2 Å². The molecule has 0 radical (unpaired) electrons. The van der Waals surface area contributed by atoms with Gasteiger partial charge in [-0.1, -0.05) is 12.1 Å². The monoisotopic (exact) mass is 382 g/mol. The van der Waals surface area contributed by atoms with Gasteiger partial charge in [-0.05, 0) is 26.0 Å². The van der Waals surface area contributed by atoms with Crippen molar-refractivity contribution in [3.8, 4) is 5.75 Å². The lowest BCUT2D eigenvalue weighted by Crippen LogP contribution is -2.28. The van der Waals surface area contributed by atoms with Gasteiger partial charge in [0.25, 0.3) is 5.56 Å². The van der Waals surface area contributed by atoms with Gasteiger partial charge in [0, 0.05) is 32.0 Å². The molecule has 0 aliphatic heterocycles. The van der Waals surface area contributed by atoms with Gasteiger partial charge in [0.15, 0.2) is 11.2 Å². The van der Waals surface area contributed by atoms with Gasteiger partial charge in [-0.3, -0.25) is 18.7 Å². The summed E-state index contributed by atoms with van der Waals surface area (Å²) in [5.41, 5.74) is 1.72. The number of fused-ring (bicyclic) bond motifs is 3. The number of hydrogen-bond donors (Lipinski definition) is 2. The minimum absolute atomic E-state index is 0.368. The first-order chi connectivity index (χ1) is 13.5. The first kappa shape index (κ1) is 17.9. The highest BCUT2D eigenvalue weighted by Gasteiger charge is 2.17. The van der Waals surface area contributed by atoms with Crippen LogP contribution in [0.25, 0.3) is 16.9 Å². The second-order valence-corrected chi connectivity index (χ2v) is 6.55. The molecule has 0 fully saturated rings. The smallest absolute Gasteiger partial charge is 0.329 e. The number of imidazole rings is 2. The van der Waals surface area contributed by atoms with Gasteiger partial charge in [-0.25, -0.2) is 4.79 Å². The fourth-order valence-electron chi connectivity index (χ4n) is 3.39. The van der Waals surface area contributed by atoms with Crippen molar-refractivity contribution in [1.82, 2.24) is 23.5 Å². The van der Waals surface area contributed by atoms with E-state index in [1.165, 1.54) is 4.57 Å². The lowest BCUT2D eigenvalue weighted by molar-refractivity contribution is 0.341. The van der Waals surface area contributed by atoms with Gasteiger partial charge >= 0.3 is 5.69 Å². The van der Waals surface area contributed by atoms with E-state index in [0.29, 0.717) is 36.6 Å². The number of rotatable bonds is 6. The van der Waals surface area contributed by atoms with Gasteiger partial charge < -0.3 is 14.6 Å². The first-order valence-electron chi connectivity index (χ1n) is 9.14. The van der Waals surface area contributed by atoms with Gasteiger partial charge in [0.1, 0.15) is 5.75 Å². The van der Waals surface area contributed by atoms with Gasteiger partial charge in [-0.15, -0.1) is 0 Å². The zero-order valence-corrected chi connectivity index (χ0v) is 16.0. The molecule has 9 nitrogen and oxygen atoms in total. The summed E-state index contributed by atoms with van der Waals surface area (Å²) in [6.45, 7) is 5.80. The molecule has 28 heavy (non-hydrogen) atoms. The molecule has 0 amide bonds. The number of H-pyrrole nitrogens is 1. The fourth-order valence-corrected chi connectivity index (χ4v) is 3.39. The van der Waals surface area contributed by atoms with Crippen LogP contribution in [0.2, 0.25) is 0 Å². The van der Waals surface area contributed by atoms with E-state index >= 15 is 0 Å². The van der Waals surface area contributed by atoms with E-state index in [0.717, 1.165) is 17.1 Å². The largest absolute Gasteiger partial charge is 0.492 e. The molecule has 0 spiro atoms. The second kappa shape index (κ2) is 6.91. The van der Waals surface area contributed by atoms with Gasteiger partial charge in [-0.2, -0.15) is 4.98 Å². The molecule has 0 bridgehead atoms. The Morgan fingerprint density at radius 2 is 2.04 bits per heavy atom. The minimum atomic E-state index is -0.476. The van der Waals surface area contributed by atoms with Crippen molar-refractivity contribution in [3.05, 3.63) is 57.0 Å². The summed E-state index contributed by atoms with van der Waals surface area (Å²) < 4.78 is 10.7. The van der Waals surface area contributed by atoms with E-state index in [1.54, 1.807) is 11.4 Å². The van der Waals surface area contributed by atoms with Crippen LogP contribution in [0.5, 0.6) is 5.75 Å². The lowest BCUT2D eigenvalue weighted by atomic mass is 10.3. The molecular formula is C19H22N6O3. The molecule has 0 saturated carbocycles. The number of nitrogens with one attached hydrogen (secondary N) is 2. The molecule has 0 saturated heterocycles. The summed E-state index contributed by atoms with van der Waals surface area (Å²) in [6.07, 6.45) is 1.86. The molecule has 4 rings (SSSR count). The number of aromatic amines is 1. The summed E-state index contributed by atoms with van der Waals surface area (Å²) >= 11 is 0. The molecule has 0 atom stereocenters. The van der Waals surface area contributed by atoms with E-state index in [-0.39, 0.29) is 0 Å². The fraction of sp³-hybridized carbons (Fsp3) is 0.316. The standard InChI is InChI=1S/C19H22N6O3/c1-4-28-14-8-6-5-7-13(14)20-9-10-24-12(2)11-25-15-16(21-18(24)25)23(3)19(27)22-17(15)26/h5-8,11,20H,4,9-10H2,1-3H3,(H,22,26,27). The SMILES string of the molecule is CCOc1ccccc1NCCn1c(C)cn2c3c(=O)[nH]c(=O)n(C)c3nc12. The molecule has 0 aliphatic carbocycles. The third-order valence-corrected chi connectivity index (χ3v) is 4.75. The number of nitrogens with zero attached hydrogens (tertiary/aromatic N) is 4. The number of hydrogen-bond acceptors (Lipinski definition) is 5. The number of para-hydroxylation sites is 2. The molecule has 9 heteroatoms. The third kappa shape index (κ3) is 2.84. The second-order valence-electron chi connectivity index (χ2n) is 6.55. The van der Waals surface area contributed by atoms with Crippen molar-refractivity contribution in [2.24, 2.45) is 7.05 Å². The van der Waals surface area contributed by atoms with Crippen LogP contribution in [0.3, 0.4) is 0 Å². The Hall–Kier alpha value is -3.49. The van der Waals surface area contributed by atoms with Crippen molar-refractivity contribution in [2.75, 3.05) is 18.5 Å². The molecule has 2 N–H and O–H groups in total. The molecular weight excluding hydrogens is 360 g/mol. The number of anilines is 1. The maximum Gasteiger partial charge on any atom is 0.329 e. The van der Waals surface area contributed by atoms with Crippen molar-refractivity contribution in [2.45, 2.75) is 20.4 Å². The Bertz CT molecular complexity index is 1280. The molecule has 146 valence electrons. The highest BCUT2D eigenvalue weighted by molar-refractivity contribution is 5.75. The average molecular weight is 382 g/mol. The van der Waals surface area contributed by atoms with Crippen LogP contribution < -0.4 is 21.3 Å². The number of ether oxygens (including phenoxy) is 1. The number of benzene rings is 1. The quantitative estimate of drug-likeness (QED) is 0.527. The zero-order chi connectivity index (χ0) is 19.8. The molecule has 3 heterocycles. The van der Waals surface area contributed by atoms with Crippen LogP contribution in [0, 0.1) is 6.92 Å². The van der Waals surface area contributed by atoms with E-state index in [2.05, 4.69) is 15.3 Å². The molecule has 0 unspecified atom stereocenters. The third-order valence-electron chi connectivity index (χ3n) is 4.75. The number of aryl methyl sites for hydroxylation is 2. The topological polar surface area (TPSA) is 98.4 Å². The van der Waals surface area contributed by atoms with Crippen molar-refractivity contribution < 1.29 is 4.74 Å². The van der Waals surface area contributed by atoms with Gasteiger partial charge in [0.2, 0.25) is 5.78 Å². The highest BCUT2D eigenvalue weighted by atomic mass is 16.5. The van der Waals surface area contributed by atoms with Crippen LogP contribution in [0.15, 0.2) is 40.1 Å². The maximum absolute atomic E-state index is 12.3. The maximum atomic E-state index is 12.3. The van der Waals surface area contributed by atoms with Crippen molar-refractivity contribution in [3.63, 3.8) is 0 Å². The van der Waals surface area contributed by atoms with Crippen LogP contribution in [0.4, 0.5) is 5.69 Å². The van der Waals surface area contributed by atoms with E-state index in [4.69, 9.17) is 4.74 Å². The Morgan fingerprint density at radius 1 is 1.25 bits per heavy atom. The van der Waals surface area contributed by atoms with Gasteiger partial charge in [0.05, 0.1) is 12.3 Å².